The number of hydrogen-bond donors (Lipinski definition) is 0. The summed E-state index contributed by atoms with van der Waals surface area (Å²) < 4.78 is 5.14. The third-order valence-corrected chi connectivity index (χ3v) is 4.99. The Kier molecular flexibility index (Phi) is 6.03. The van der Waals surface area contributed by atoms with Crippen molar-refractivity contribution in [1.82, 2.24) is 0 Å². The number of ether oxygens (including phenoxy) is 1. The summed E-state index contributed by atoms with van der Waals surface area (Å²) in [7, 11) is 1.59. The van der Waals surface area contributed by atoms with Crippen LogP contribution in [0.3, 0.4) is 0 Å². The summed E-state index contributed by atoms with van der Waals surface area (Å²) in [6.45, 7) is 0. The van der Waals surface area contributed by atoms with Crippen molar-refractivity contribution in [2.24, 2.45) is 4.99 Å². The van der Waals surface area contributed by atoms with E-state index in [1.165, 1.54) is 0 Å². The van der Waals surface area contributed by atoms with E-state index in [2.05, 4.69) is 17.1 Å². The first-order chi connectivity index (χ1) is 12.1. The van der Waals surface area contributed by atoms with Gasteiger partial charge in [0.25, 0.3) is 0 Å². The van der Waals surface area contributed by atoms with E-state index < -0.39 is 0 Å². The van der Waals surface area contributed by atoms with E-state index in [1.807, 2.05) is 48.7 Å². The van der Waals surface area contributed by atoms with Crippen molar-refractivity contribution in [2.45, 2.75) is 9.79 Å². The van der Waals surface area contributed by atoms with Crippen LogP contribution < -0.4 is 4.74 Å². The Balaban J connectivity index is 1.67. The molecule has 0 unspecified atom stereocenters. The van der Waals surface area contributed by atoms with E-state index >= 15 is 0 Å². The molecule has 0 aliphatic carbocycles. The van der Waals surface area contributed by atoms with Crippen molar-refractivity contribution in [1.29, 1.82) is 0 Å². The number of benzene rings is 3. The average molecular weight is 388 g/mol. The first kappa shape index (κ1) is 17.9. The van der Waals surface area contributed by atoms with Gasteiger partial charge in [-0.05, 0) is 60.2 Å². The molecule has 0 heterocycles. The summed E-state index contributed by atoms with van der Waals surface area (Å²) in [5.74, 6) is 0.643. The third-order valence-electron chi connectivity index (χ3n) is 3.43. The number of halogens is 2. The zero-order chi connectivity index (χ0) is 17.6. The minimum atomic E-state index is 0.548. The molecule has 0 fully saturated rings. The molecule has 25 heavy (non-hydrogen) atoms. The minimum Gasteiger partial charge on any atom is -0.495 e. The van der Waals surface area contributed by atoms with E-state index in [0.717, 1.165) is 26.1 Å². The number of rotatable bonds is 5. The van der Waals surface area contributed by atoms with Crippen LogP contribution in [-0.2, 0) is 0 Å². The van der Waals surface area contributed by atoms with Crippen molar-refractivity contribution >= 4 is 46.9 Å². The molecular weight excluding hydrogens is 373 g/mol. The van der Waals surface area contributed by atoms with Gasteiger partial charge in [-0.1, -0.05) is 47.1 Å². The summed E-state index contributed by atoms with van der Waals surface area (Å²) in [6.07, 6.45) is 1.81. The standard InChI is InChI=1S/C20H15Cl2NOS/c1-24-20-11-6-16(12-19(20)22)23-13-14-2-7-17(8-3-14)25-18-9-4-15(21)5-10-18/h2-13H,1H3. The van der Waals surface area contributed by atoms with Crippen LogP contribution in [0.4, 0.5) is 5.69 Å². The second-order valence-corrected chi connectivity index (χ2v) is 7.19. The molecule has 5 heteroatoms. The first-order valence-corrected chi connectivity index (χ1v) is 9.12. The predicted octanol–water partition coefficient (Wildman–Crippen LogP) is 6.90. The van der Waals surface area contributed by atoms with Crippen LogP contribution in [0.5, 0.6) is 5.75 Å². The molecule has 0 N–H and O–H groups in total. The highest BCUT2D eigenvalue weighted by atomic mass is 35.5. The molecule has 0 aliphatic rings. The predicted molar refractivity (Wildman–Crippen MR) is 107 cm³/mol. The van der Waals surface area contributed by atoms with E-state index in [-0.39, 0.29) is 0 Å². The third kappa shape index (κ3) is 5.02. The zero-order valence-electron chi connectivity index (χ0n) is 13.4. The summed E-state index contributed by atoms with van der Waals surface area (Å²) in [6, 6.07) is 21.5. The van der Waals surface area contributed by atoms with Crippen LogP contribution in [0.1, 0.15) is 5.56 Å². The number of nitrogens with zero attached hydrogens (tertiary/aromatic N) is 1. The highest BCUT2D eigenvalue weighted by Crippen LogP contribution is 2.30. The molecule has 0 amide bonds. The zero-order valence-corrected chi connectivity index (χ0v) is 15.8. The van der Waals surface area contributed by atoms with E-state index in [9.17, 15) is 0 Å². The first-order valence-electron chi connectivity index (χ1n) is 7.55. The van der Waals surface area contributed by atoms with Crippen LogP contribution in [0.25, 0.3) is 0 Å². The maximum atomic E-state index is 6.11. The maximum Gasteiger partial charge on any atom is 0.137 e. The van der Waals surface area contributed by atoms with Gasteiger partial charge in [-0.2, -0.15) is 0 Å². The topological polar surface area (TPSA) is 21.6 Å². The molecule has 0 radical (unpaired) electrons. The Bertz CT molecular complexity index is 877. The molecule has 0 spiro atoms. The molecule has 0 saturated heterocycles. The molecule has 0 aromatic heterocycles. The molecule has 0 saturated carbocycles. The Morgan fingerprint density at radius 3 is 2.12 bits per heavy atom. The van der Waals surface area contributed by atoms with Crippen molar-refractivity contribution in [2.75, 3.05) is 7.11 Å². The van der Waals surface area contributed by atoms with Gasteiger partial charge in [-0.25, -0.2) is 0 Å². The second-order valence-electron chi connectivity index (χ2n) is 5.20. The van der Waals surface area contributed by atoms with Gasteiger partial charge in [0.2, 0.25) is 0 Å². The molecule has 3 aromatic carbocycles. The van der Waals surface area contributed by atoms with Crippen molar-refractivity contribution < 1.29 is 4.74 Å². The summed E-state index contributed by atoms with van der Waals surface area (Å²) in [5.41, 5.74) is 1.80. The summed E-state index contributed by atoms with van der Waals surface area (Å²) in [5, 5.41) is 1.29. The summed E-state index contributed by atoms with van der Waals surface area (Å²) in [4.78, 5) is 6.76. The average Bonchev–Trinajstić information content (AvgIpc) is 2.63. The van der Waals surface area contributed by atoms with E-state index in [0.29, 0.717) is 10.8 Å². The Labute approximate surface area is 161 Å². The van der Waals surface area contributed by atoms with Gasteiger partial charge >= 0.3 is 0 Å². The summed E-state index contributed by atoms with van der Waals surface area (Å²) >= 11 is 13.7. The lowest BCUT2D eigenvalue weighted by Crippen LogP contribution is -1.83. The number of hydrogen-bond acceptors (Lipinski definition) is 3. The van der Waals surface area contributed by atoms with Crippen LogP contribution in [0, 0.1) is 0 Å². The molecule has 0 aliphatic heterocycles. The molecule has 3 aromatic rings. The Hall–Kier alpha value is -1.94. The van der Waals surface area contributed by atoms with Gasteiger partial charge in [0.15, 0.2) is 0 Å². The molecule has 2 nitrogen and oxygen atoms in total. The van der Waals surface area contributed by atoms with Crippen molar-refractivity contribution in [3.63, 3.8) is 0 Å². The molecule has 0 atom stereocenters. The fourth-order valence-electron chi connectivity index (χ4n) is 2.15. The fourth-order valence-corrected chi connectivity index (χ4v) is 3.34. The smallest absolute Gasteiger partial charge is 0.137 e. The quantitative estimate of drug-likeness (QED) is 0.443. The van der Waals surface area contributed by atoms with Gasteiger partial charge < -0.3 is 4.74 Å². The van der Waals surface area contributed by atoms with Crippen LogP contribution in [-0.4, -0.2) is 13.3 Å². The van der Waals surface area contributed by atoms with Gasteiger partial charge in [0.1, 0.15) is 5.75 Å². The van der Waals surface area contributed by atoms with Gasteiger partial charge in [-0.15, -0.1) is 0 Å². The minimum absolute atomic E-state index is 0.548. The number of methoxy groups -OCH3 is 1. The lowest BCUT2D eigenvalue weighted by atomic mass is 10.2. The fraction of sp³-hybridized carbons (Fsp3) is 0.0500. The normalized spacial score (nSPS) is 11.0. The number of aliphatic imine (C=N–C) groups is 1. The maximum absolute atomic E-state index is 6.11. The highest BCUT2D eigenvalue weighted by Gasteiger charge is 2.01. The van der Waals surface area contributed by atoms with Gasteiger partial charge in [0.05, 0.1) is 17.8 Å². The monoisotopic (exact) mass is 387 g/mol. The van der Waals surface area contributed by atoms with Crippen molar-refractivity contribution in [3.05, 3.63) is 82.3 Å². The second kappa shape index (κ2) is 8.43. The molecule has 3 rings (SSSR count). The van der Waals surface area contributed by atoms with E-state index in [1.54, 1.807) is 31.0 Å². The largest absolute Gasteiger partial charge is 0.495 e. The SMILES string of the molecule is COc1ccc(N=Cc2ccc(Sc3ccc(Cl)cc3)cc2)cc1Cl. The Morgan fingerprint density at radius 1 is 0.880 bits per heavy atom. The Morgan fingerprint density at radius 2 is 1.52 bits per heavy atom. The molecule has 126 valence electrons. The van der Waals surface area contributed by atoms with Crippen LogP contribution in [0.2, 0.25) is 10.0 Å². The molecular formula is C20H15Cl2NOS. The van der Waals surface area contributed by atoms with Crippen LogP contribution >= 0.6 is 35.0 Å². The van der Waals surface area contributed by atoms with E-state index in [4.69, 9.17) is 27.9 Å². The lowest BCUT2D eigenvalue weighted by Gasteiger charge is -2.03. The van der Waals surface area contributed by atoms with Gasteiger partial charge in [0, 0.05) is 21.0 Å². The lowest BCUT2D eigenvalue weighted by molar-refractivity contribution is 0.415. The van der Waals surface area contributed by atoms with Crippen LogP contribution in [0.15, 0.2) is 81.5 Å². The molecule has 0 bridgehead atoms. The highest BCUT2D eigenvalue weighted by molar-refractivity contribution is 7.99. The van der Waals surface area contributed by atoms with Gasteiger partial charge in [-0.3, -0.25) is 4.99 Å². The van der Waals surface area contributed by atoms with Crippen molar-refractivity contribution in [3.8, 4) is 5.75 Å².